The number of halogens is 2. The Hall–Kier alpha value is -0.410. The zero-order valence-electron chi connectivity index (χ0n) is 10.8. The van der Waals surface area contributed by atoms with Crippen LogP contribution in [0.4, 0.5) is 4.39 Å². The first-order chi connectivity index (χ1) is 8.04. The van der Waals surface area contributed by atoms with Gasteiger partial charge in [0.15, 0.2) is 0 Å². The van der Waals surface area contributed by atoms with Crippen LogP contribution in [-0.2, 0) is 0 Å². The minimum absolute atomic E-state index is 0.195. The van der Waals surface area contributed by atoms with E-state index in [-0.39, 0.29) is 5.82 Å². The van der Waals surface area contributed by atoms with Crippen molar-refractivity contribution < 1.29 is 4.39 Å². The number of rotatable bonds is 6. The predicted molar refractivity (Wildman–Crippen MR) is 74.6 cm³/mol. The topological polar surface area (TPSA) is 12.0 Å². The van der Waals surface area contributed by atoms with Crippen LogP contribution in [-0.4, -0.2) is 6.54 Å². The predicted octanol–water partition coefficient (Wildman–Crippen LogP) is 4.68. The molecule has 0 saturated heterocycles. The maximum absolute atomic E-state index is 13.1. The minimum Gasteiger partial charge on any atom is -0.310 e. The highest BCUT2D eigenvalue weighted by Gasteiger charge is 2.15. The van der Waals surface area contributed by atoms with Crippen molar-refractivity contribution in [3.8, 4) is 0 Å². The van der Waals surface area contributed by atoms with Crippen molar-refractivity contribution in [2.24, 2.45) is 5.92 Å². The molecule has 0 aliphatic heterocycles. The molecule has 3 heteroatoms. The van der Waals surface area contributed by atoms with Gasteiger partial charge in [0.1, 0.15) is 5.82 Å². The highest BCUT2D eigenvalue weighted by atomic mass is 79.9. The maximum Gasteiger partial charge on any atom is 0.124 e. The van der Waals surface area contributed by atoms with Crippen molar-refractivity contribution >= 4 is 15.9 Å². The van der Waals surface area contributed by atoms with E-state index >= 15 is 0 Å². The molecule has 96 valence electrons. The quantitative estimate of drug-likeness (QED) is 0.805. The summed E-state index contributed by atoms with van der Waals surface area (Å²) in [6.07, 6.45) is 2.16. The van der Waals surface area contributed by atoms with Crippen LogP contribution in [0.3, 0.4) is 0 Å². The molecule has 0 bridgehead atoms. The Bertz CT molecular complexity index is 352. The normalized spacial score (nSPS) is 13.1. The second kappa shape index (κ2) is 7.12. The van der Waals surface area contributed by atoms with Gasteiger partial charge in [-0.15, -0.1) is 0 Å². The third kappa shape index (κ3) is 4.76. The first-order valence-corrected chi connectivity index (χ1v) is 7.02. The summed E-state index contributed by atoms with van der Waals surface area (Å²) in [7, 11) is 0. The fraction of sp³-hybridized carbons (Fsp3) is 0.571. The minimum atomic E-state index is -0.195. The Balaban J connectivity index is 2.86. The van der Waals surface area contributed by atoms with Gasteiger partial charge >= 0.3 is 0 Å². The number of nitrogens with one attached hydrogen (secondary N) is 1. The average Bonchev–Trinajstić information content (AvgIpc) is 2.24. The van der Waals surface area contributed by atoms with Gasteiger partial charge in [-0.2, -0.15) is 0 Å². The molecule has 1 aromatic rings. The van der Waals surface area contributed by atoms with Crippen molar-refractivity contribution in [3.05, 3.63) is 34.1 Å². The van der Waals surface area contributed by atoms with Crippen LogP contribution in [0.2, 0.25) is 0 Å². The second-order valence-electron chi connectivity index (χ2n) is 4.80. The monoisotopic (exact) mass is 301 g/mol. The van der Waals surface area contributed by atoms with Crippen LogP contribution in [0.15, 0.2) is 22.7 Å². The molecule has 0 heterocycles. The molecule has 1 rings (SSSR count). The van der Waals surface area contributed by atoms with Crippen molar-refractivity contribution in [2.45, 2.75) is 39.7 Å². The van der Waals surface area contributed by atoms with Crippen molar-refractivity contribution in [3.63, 3.8) is 0 Å². The number of hydrogen-bond donors (Lipinski definition) is 1. The SMILES string of the molecule is CCCNC(CC(C)C)c1ccc(F)cc1Br. The summed E-state index contributed by atoms with van der Waals surface area (Å²) < 4.78 is 13.9. The van der Waals surface area contributed by atoms with Gasteiger partial charge in [0.05, 0.1) is 0 Å². The molecular weight excluding hydrogens is 281 g/mol. The molecule has 0 aliphatic rings. The van der Waals surface area contributed by atoms with Gasteiger partial charge in [-0.1, -0.05) is 42.8 Å². The summed E-state index contributed by atoms with van der Waals surface area (Å²) in [4.78, 5) is 0. The third-order valence-electron chi connectivity index (χ3n) is 2.69. The second-order valence-corrected chi connectivity index (χ2v) is 5.66. The van der Waals surface area contributed by atoms with Gasteiger partial charge in [-0.25, -0.2) is 4.39 Å². The Morgan fingerprint density at radius 3 is 2.59 bits per heavy atom. The van der Waals surface area contributed by atoms with Crippen LogP contribution < -0.4 is 5.32 Å². The molecule has 0 fully saturated rings. The summed E-state index contributed by atoms with van der Waals surface area (Å²) in [6, 6.07) is 5.23. The van der Waals surface area contributed by atoms with E-state index < -0.39 is 0 Å². The van der Waals surface area contributed by atoms with E-state index in [1.165, 1.54) is 12.1 Å². The molecule has 0 saturated carbocycles. The van der Waals surface area contributed by atoms with Crippen LogP contribution in [0.25, 0.3) is 0 Å². The van der Waals surface area contributed by atoms with E-state index in [4.69, 9.17) is 0 Å². The molecule has 0 spiro atoms. The lowest BCUT2D eigenvalue weighted by molar-refractivity contribution is 0.428. The highest BCUT2D eigenvalue weighted by Crippen LogP contribution is 2.28. The lowest BCUT2D eigenvalue weighted by Crippen LogP contribution is -2.24. The zero-order valence-corrected chi connectivity index (χ0v) is 12.3. The largest absolute Gasteiger partial charge is 0.310 e. The van der Waals surface area contributed by atoms with Gasteiger partial charge in [0, 0.05) is 10.5 Å². The summed E-state index contributed by atoms with van der Waals surface area (Å²) in [6.45, 7) is 7.55. The number of hydrogen-bond acceptors (Lipinski definition) is 1. The molecule has 0 radical (unpaired) electrons. The molecule has 0 amide bonds. The standard InChI is InChI=1S/C14H21BrFN/c1-4-7-17-14(8-10(2)3)12-6-5-11(16)9-13(12)15/h5-6,9-10,14,17H,4,7-8H2,1-3H3. The van der Waals surface area contributed by atoms with Crippen molar-refractivity contribution in [1.82, 2.24) is 5.32 Å². The van der Waals surface area contributed by atoms with Crippen molar-refractivity contribution in [1.29, 1.82) is 0 Å². The first-order valence-electron chi connectivity index (χ1n) is 6.23. The van der Waals surface area contributed by atoms with E-state index in [0.29, 0.717) is 12.0 Å². The van der Waals surface area contributed by atoms with Crippen LogP contribution >= 0.6 is 15.9 Å². The Labute approximate surface area is 112 Å². The van der Waals surface area contributed by atoms with Crippen LogP contribution in [0.5, 0.6) is 0 Å². The smallest absolute Gasteiger partial charge is 0.124 e. The van der Waals surface area contributed by atoms with Crippen LogP contribution in [0, 0.1) is 11.7 Å². The summed E-state index contributed by atoms with van der Waals surface area (Å²) >= 11 is 3.45. The number of benzene rings is 1. The highest BCUT2D eigenvalue weighted by molar-refractivity contribution is 9.10. The van der Waals surface area contributed by atoms with Gasteiger partial charge in [0.25, 0.3) is 0 Å². The maximum atomic E-state index is 13.1. The molecule has 0 aromatic heterocycles. The van der Waals surface area contributed by atoms with Gasteiger partial charge in [0.2, 0.25) is 0 Å². The lowest BCUT2D eigenvalue weighted by Gasteiger charge is -2.22. The molecule has 1 atom stereocenters. The van der Waals surface area contributed by atoms with E-state index in [2.05, 4.69) is 42.0 Å². The molecule has 0 aliphatic carbocycles. The lowest BCUT2D eigenvalue weighted by atomic mass is 9.97. The fourth-order valence-electron chi connectivity index (χ4n) is 1.89. The van der Waals surface area contributed by atoms with E-state index in [1.807, 2.05) is 6.07 Å². The van der Waals surface area contributed by atoms with E-state index in [9.17, 15) is 4.39 Å². The molecule has 1 N–H and O–H groups in total. The Morgan fingerprint density at radius 2 is 2.06 bits per heavy atom. The zero-order chi connectivity index (χ0) is 12.8. The van der Waals surface area contributed by atoms with Gasteiger partial charge in [-0.05, 0) is 43.0 Å². The van der Waals surface area contributed by atoms with E-state index in [0.717, 1.165) is 29.4 Å². The molecule has 1 aromatic carbocycles. The third-order valence-corrected chi connectivity index (χ3v) is 3.37. The van der Waals surface area contributed by atoms with Gasteiger partial charge < -0.3 is 5.32 Å². The van der Waals surface area contributed by atoms with E-state index in [1.54, 1.807) is 0 Å². The van der Waals surface area contributed by atoms with Gasteiger partial charge in [-0.3, -0.25) is 0 Å². The molecule has 1 nitrogen and oxygen atoms in total. The van der Waals surface area contributed by atoms with Crippen molar-refractivity contribution in [2.75, 3.05) is 6.54 Å². The molecule has 17 heavy (non-hydrogen) atoms. The Kier molecular flexibility index (Phi) is 6.14. The molecule has 1 unspecified atom stereocenters. The Morgan fingerprint density at radius 1 is 1.35 bits per heavy atom. The fourth-order valence-corrected chi connectivity index (χ4v) is 2.52. The average molecular weight is 302 g/mol. The summed E-state index contributed by atoms with van der Waals surface area (Å²) in [5.74, 6) is 0.417. The van der Waals surface area contributed by atoms with Crippen LogP contribution in [0.1, 0.15) is 45.2 Å². The first kappa shape index (κ1) is 14.7. The summed E-state index contributed by atoms with van der Waals surface area (Å²) in [5.41, 5.74) is 1.15. The molecular formula is C14H21BrFN. The summed E-state index contributed by atoms with van der Waals surface area (Å²) in [5, 5.41) is 3.52.